The molecule has 4 heteroatoms. The average Bonchev–Trinajstić information content (AvgIpc) is 2.83. The predicted molar refractivity (Wildman–Crippen MR) is 109 cm³/mol. The Hall–Kier alpha value is -1.10. The topological polar surface area (TPSA) is 41.9 Å². The van der Waals surface area contributed by atoms with E-state index in [1.807, 2.05) is 31.2 Å². The van der Waals surface area contributed by atoms with Gasteiger partial charge >= 0.3 is 0 Å². The highest BCUT2D eigenvalue weighted by molar-refractivity contribution is 5.31. The van der Waals surface area contributed by atoms with E-state index >= 15 is 0 Å². The second-order valence-electron chi connectivity index (χ2n) is 9.67. The molecule has 1 heterocycles. The summed E-state index contributed by atoms with van der Waals surface area (Å²) in [5.74, 6) is 1.65. The van der Waals surface area contributed by atoms with E-state index in [9.17, 15) is 5.11 Å². The fourth-order valence-corrected chi connectivity index (χ4v) is 4.58. The first-order valence-corrected chi connectivity index (χ1v) is 10.5. The fourth-order valence-electron chi connectivity index (χ4n) is 4.58. The van der Waals surface area contributed by atoms with Crippen LogP contribution in [-0.4, -0.2) is 54.6 Å². The summed E-state index contributed by atoms with van der Waals surface area (Å²) in [7, 11) is 0. The fraction of sp³-hybridized carbons (Fsp3) is 0.739. The number of ether oxygens (including phenoxy) is 2. The summed E-state index contributed by atoms with van der Waals surface area (Å²) < 4.78 is 11.7. The van der Waals surface area contributed by atoms with Crippen molar-refractivity contribution in [3.05, 3.63) is 29.8 Å². The molecule has 0 spiro atoms. The quantitative estimate of drug-likeness (QED) is 0.862. The molecule has 1 aromatic carbocycles. The van der Waals surface area contributed by atoms with E-state index in [2.05, 4.69) is 25.7 Å². The molecule has 1 saturated carbocycles. The molecule has 1 aromatic rings. The molecule has 2 aliphatic rings. The molecule has 4 nitrogen and oxygen atoms in total. The molecule has 0 unspecified atom stereocenters. The number of rotatable bonds is 4. The molecule has 3 rings (SSSR count). The molecule has 0 radical (unpaired) electrons. The third-order valence-corrected chi connectivity index (χ3v) is 6.42. The van der Waals surface area contributed by atoms with Crippen LogP contribution in [0.1, 0.15) is 52.0 Å². The summed E-state index contributed by atoms with van der Waals surface area (Å²) in [5, 5.41) is 11.2. The van der Waals surface area contributed by atoms with Crippen molar-refractivity contribution in [2.45, 2.75) is 65.0 Å². The third kappa shape index (κ3) is 5.46. The summed E-state index contributed by atoms with van der Waals surface area (Å²) in [6.45, 7) is 11.9. The highest BCUT2D eigenvalue weighted by atomic mass is 16.5. The average molecular weight is 376 g/mol. The van der Waals surface area contributed by atoms with E-state index in [0.29, 0.717) is 31.2 Å². The van der Waals surface area contributed by atoms with Crippen LogP contribution < -0.4 is 4.74 Å². The van der Waals surface area contributed by atoms with Gasteiger partial charge in [-0.25, -0.2) is 0 Å². The van der Waals surface area contributed by atoms with Crippen LogP contribution >= 0.6 is 0 Å². The number of aliphatic hydroxyl groups is 1. The van der Waals surface area contributed by atoms with Crippen LogP contribution in [0.25, 0.3) is 0 Å². The van der Waals surface area contributed by atoms with Crippen LogP contribution in [-0.2, 0) is 4.74 Å². The van der Waals surface area contributed by atoms with E-state index in [-0.39, 0.29) is 6.61 Å². The van der Waals surface area contributed by atoms with Crippen molar-refractivity contribution in [2.24, 2.45) is 11.3 Å². The number of aryl methyl sites for hydroxylation is 1. The lowest BCUT2D eigenvalue weighted by molar-refractivity contribution is -0.0692. The molecule has 27 heavy (non-hydrogen) atoms. The van der Waals surface area contributed by atoms with Gasteiger partial charge in [0.05, 0.1) is 13.2 Å². The summed E-state index contributed by atoms with van der Waals surface area (Å²) >= 11 is 0. The first-order chi connectivity index (χ1) is 12.8. The van der Waals surface area contributed by atoms with Gasteiger partial charge in [-0.2, -0.15) is 0 Å². The van der Waals surface area contributed by atoms with Gasteiger partial charge in [0.15, 0.2) is 0 Å². The Morgan fingerprint density at radius 2 is 1.89 bits per heavy atom. The molecule has 0 aromatic heterocycles. The molecular weight excluding hydrogens is 338 g/mol. The lowest BCUT2D eigenvalue weighted by Gasteiger charge is -2.42. The molecule has 152 valence electrons. The zero-order valence-corrected chi connectivity index (χ0v) is 17.5. The molecule has 0 amide bonds. The first kappa shape index (κ1) is 20.6. The van der Waals surface area contributed by atoms with Crippen LogP contribution in [0.2, 0.25) is 0 Å². The molecule has 0 bridgehead atoms. The predicted octanol–water partition coefficient (Wildman–Crippen LogP) is 4.04. The summed E-state index contributed by atoms with van der Waals surface area (Å²) in [6, 6.07) is 8.51. The van der Waals surface area contributed by atoms with Gasteiger partial charge in [-0.15, -0.1) is 0 Å². The van der Waals surface area contributed by atoms with Crippen molar-refractivity contribution in [1.29, 1.82) is 0 Å². The number of nitrogens with zero attached hydrogens (tertiary/aromatic N) is 1. The van der Waals surface area contributed by atoms with Crippen molar-refractivity contribution >= 4 is 0 Å². The van der Waals surface area contributed by atoms with E-state index < -0.39 is 5.60 Å². The Labute approximate surface area is 164 Å². The van der Waals surface area contributed by atoms with Gasteiger partial charge in [0, 0.05) is 19.1 Å². The van der Waals surface area contributed by atoms with Crippen molar-refractivity contribution in [3.63, 3.8) is 0 Å². The largest absolute Gasteiger partial charge is 0.490 e. The highest BCUT2D eigenvalue weighted by Gasteiger charge is 2.38. The van der Waals surface area contributed by atoms with E-state index in [1.165, 1.54) is 25.7 Å². The minimum Gasteiger partial charge on any atom is -0.490 e. The number of benzene rings is 1. The lowest BCUT2D eigenvalue weighted by atomic mass is 9.71. The molecule has 1 aliphatic carbocycles. The SMILES string of the molecule is Cc1ccccc1OC[C@@]1(O)COCCN(C2CCC(C(C)(C)C)CC2)C1. The maximum Gasteiger partial charge on any atom is 0.134 e. The smallest absolute Gasteiger partial charge is 0.134 e. The molecule has 1 N–H and O–H groups in total. The van der Waals surface area contributed by atoms with E-state index in [0.717, 1.165) is 23.8 Å². The van der Waals surface area contributed by atoms with Crippen LogP contribution in [0.4, 0.5) is 0 Å². The van der Waals surface area contributed by atoms with Gasteiger partial charge in [0.1, 0.15) is 18.0 Å². The van der Waals surface area contributed by atoms with E-state index in [4.69, 9.17) is 9.47 Å². The number of para-hydroxylation sites is 1. The molecular formula is C23H37NO3. The van der Waals surface area contributed by atoms with Crippen molar-refractivity contribution in [2.75, 3.05) is 32.9 Å². The number of hydrogen-bond acceptors (Lipinski definition) is 4. The monoisotopic (exact) mass is 375 g/mol. The second kappa shape index (κ2) is 8.50. The Balaban J connectivity index is 1.59. The summed E-state index contributed by atoms with van der Waals surface area (Å²) in [5.41, 5.74) is 0.530. The Morgan fingerprint density at radius 3 is 2.56 bits per heavy atom. The zero-order chi connectivity index (χ0) is 19.5. The zero-order valence-electron chi connectivity index (χ0n) is 17.5. The lowest BCUT2D eigenvalue weighted by Crippen LogP contribution is -2.52. The van der Waals surface area contributed by atoms with Crippen LogP contribution in [0.5, 0.6) is 5.75 Å². The summed E-state index contributed by atoms with van der Waals surface area (Å²) in [4.78, 5) is 2.45. The van der Waals surface area contributed by atoms with Gasteiger partial charge in [-0.3, -0.25) is 4.90 Å². The van der Waals surface area contributed by atoms with Crippen LogP contribution in [0.15, 0.2) is 24.3 Å². The molecule has 1 atom stereocenters. The minimum atomic E-state index is -0.959. The molecule has 1 aliphatic heterocycles. The highest BCUT2D eigenvalue weighted by Crippen LogP contribution is 2.39. The van der Waals surface area contributed by atoms with Crippen molar-refractivity contribution in [1.82, 2.24) is 4.90 Å². The second-order valence-corrected chi connectivity index (χ2v) is 9.67. The maximum absolute atomic E-state index is 11.2. The Kier molecular flexibility index (Phi) is 6.50. The van der Waals surface area contributed by atoms with Gasteiger partial charge in [-0.05, 0) is 55.6 Å². The minimum absolute atomic E-state index is 0.270. The van der Waals surface area contributed by atoms with Crippen molar-refractivity contribution in [3.8, 4) is 5.75 Å². The standard InChI is InChI=1S/C23H37NO3/c1-18-7-5-6-8-21(18)27-17-23(25)15-24(13-14-26-16-23)20-11-9-19(10-12-20)22(2,3)4/h5-8,19-20,25H,9-17H2,1-4H3/t19?,20?,23-/m0/s1. The van der Waals surface area contributed by atoms with Gasteiger partial charge in [0.25, 0.3) is 0 Å². The van der Waals surface area contributed by atoms with Crippen LogP contribution in [0, 0.1) is 18.3 Å². The third-order valence-electron chi connectivity index (χ3n) is 6.42. The van der Waals surface area contributed by atoms with E-state index in [1.54, 1.807) is 0 Å². The van der Waals surface area contributed by atoms with Crippen molar-refractivity contribution < 1.29 is 14.6 Å². The Morgan fingerprint density at radius 1 is 1.19 bits per heavy atom. The van der Waals surface area contributed by atoms with Gasteiger partial charge < -0.3 is 14.6 Å². The Bertz CT molecular complexity index is 604. The normalized spacial score (nSPS) is 30.7. The number of β-amino-alcohol motifs (C(OH)–C–C–N with tert-alkyl or cyclic N) is 1. The van der Waals surface area contributed by atoms with Crippen LogP contribution in [0.3, 0.4) is 0 Å². The first-order valence-electron chi connectivity index (χ1n) is 10.5. The molecule has 2 fully saturated rings. The molecule has 1 saturated heterocycles. The van der Waals surface area contributed by atoms with Gasteiger partial charge in [0.2, 0.25) is 0 Å². The summed E-state index contributed by atoms with van der Waals surface area (Å²) in [6.07, 6.45) is 5.00. The number of hydrogen-bond donors (Lipinski definition) is 1. The maximum atomic E-state index is 11.2. The van der Waals surface area contributed by atoms with Gasteiger partial charge in [-0.1, -0.05) is 39.0 Å².